The Bertz CT molecular complexity index is 958. The van der Waals surface area contributed by atoms with Crippen molar-refractivity contribution in [2.45, 2.75) is 12.8 Å². The second-order valence-electron chi connectivity index (χ2n) is 6.39. The summed E-state index contributed by atoms with van der Waals surface area (Å²) >= 11 is 0. The lowest BCUT2D eigenvalue weighted by molar-refractivity contribution is -0.136. The molecule has 9 nitrogen and oxygen atoms in total. The Morgan fingerprint density at radius 2 is 1.67 bits per heavy atom. The molecular formula is C21H21N3O6. The van der Waals surface area contributed by atoms with Gasteiger partial charge in [0, 0.05) is 12.0 Å². The smallest absolute Gasteiger partial charge is 0.303 e. The second kappa shape index (κ2) is 10.1. The number of carbonyl (C=O) groups is 3. The van der Waals surface area contributed by atoms with Crippen LogP contribution in [0.5, 0.6) is 11.5 Å². The molecule has 0 unspecified atom stereocenters. The molecule has 2 amide bonds. The number of hydrazone groups is 1. The molecule has 0 spiro atoms. The maximum Gasteiger partial charge on any atom is 0.303 e. The fraction of sp³-hybridized carbons (Fsp3) is 0.238. The van der Waals surface area contributed by atoms with Gasteiger partial charge in [-0.15, -0.1) is 0 Å². The fourth-order valence-corrected chi connectivity index (χ4v) is 2.74. The summed E-state index contributed by atoms with van der Waals surface area (Å²) in [6.45, 7) is 0.568. The molecule has 0 aliphatic carbocycles. The molecule has 0 bridgehead atoms. The fourth-order valence-electron chi connectivity index (χ4n) is 2.74. The Balaban J connectivity index is 1.57. The van der Waals surface area contributed by atoms with Crippen LogP contribution >= 0.6 is 0 Å². The van der Waals surface area contributed by atoms with Gasteiger partial charge in [-0.25, -0.2) is 5.43 Å². The number of fused-ring (bicyclic) bond motifs is 1. The van der Waals surface area contributed by atoms with E-state index in [-0.39, 0.29) is 19.4 Å². The highest BCUT2D eigenvalue weighted by atomic mass is 16.6. The molecule has 1 aliphatic rings. The number of rotatable bonds is 8. The number of aliphatic carboxylic acids is 1. The standard InChI is InChI=1S/C21H21N3O6/c25-19(24-23-16(7-9-20(26)27)14-4-2-1-3-5-14)13-22-21(28)15-6-8-17-18(12-15)30-11-10-29-17/h1-6,8,12H,7,9-11,13H2,(H,22,28)(H,24,25)(H,26,27)/b23-16+. The van der Waals surface area contributed by atoms with Crippen molar-refractivity contribution in [3.05, 3.63) is 59.7 Å². The summed E-state index contributed by atoms with van der Waals surface area (Å²) in [5.41, 5.74) is 3.84. The predicted octanol–water partition coefficient (Wildman–Crippen LogP) is 1.57. The van der Waals surface area contributed by atoms with Gasteiger partial charge in [0.05, 0.1) is 18.7 Å². The van der Waals surface area contributed by atoms with E-state index in [0.717, 1.165) is 0 Å². The molecule has 3 N–H and O–H groups in total. The van der Waals surface area contributed by atoms with Crippen LogP contribution in [-0.4, -0.2) is 48.4 Å². The predicted molar refractivity (Wildman–Crippen MR) is 108 cm³/mol. The summed E-state index contributed by atoms with van der Waals surface area (Å²) in [4.78, 5) is 35.2. The summed E-state index contributed by atoms with van der Waals surface area (Å²) in [5, 5.41) is 15.5. The lowest BCUT2D eigenvalue weighted by atomic mass is 10.1. The second-order valence-corrected chi connectivity index (χ2v) is 6.39. The lowest BCUT2D eigenvalue weighted by Gasteiger charge is -2.18. The van der Waals surface area contributed by atoms with Gasteiger partial charge >= 0.3 is 5.97 Å². The first-order valence-corrected chi connectivity index (χ1v) is 9.33. The molecule has 0 fully saturated rings. The maximum absolute atomic E-state index is 12.3. The van der Waals surface area contributed by atoms with Crippen LogP contribution in [0.15, 0.2) is 53.6 Å². The van der Waals surface area contributed by atoms with E-state index in [1.165, 1.54) is 0 Å². The van der Waals surface area contributed by atoms with Gasteiger partial charge in [-0.1, -0.05) is 30.3 Å². The van der Waals surface area contributed by atoms with Crippen LogP contribution in [0.4, 0.5) is 0 Å². The zero-order valence-corrected chi connectivity index (χ0v) is 16.1. The Morgan fingerprint density at radius 1 is 0.933 bits per heavy atom. The van der Waals surface area contributed by atoms with Gasteiger partial charge in [-0.2, -0.15) is 5.10 Å². The molecule has 0 atom stereocenters. The molecule has 1 aliphatic heterocycles. The van der Waals surface area contributed by atoms with Crippen molar-refractivity contribution in [3.8, 4) is 11.5 Å². The van der Waals surface area contributed by atoms with E-state index in [2.05, 4.69) is 15.8 Å². The molecule has 0 saturated carbocycles. The molecule has 3 rings (SSSR count). The van der Waals surface area contributed by atoms with Crippen LogP contribution < -0.4 is 20.2 Å². The van der Waals surface area contributed by atoms with Gasteiger partial charge < -0.3 is 19.9 Å². The molecule has 0 radical (unpaired) electrons. The lowest BCUT2D eigenvalue weighted by Crippen LogP contribution is -2.35. The van der Waals surface area contributed by atoms with Gasteiger partial charge in [0.1, 0.15) is 13.2 Å². The summed E-state index contributed by atoms with van der Waals surface area (Å²) < 4.78 is 10.9. The van der Waals surface area contributed by atoms with Crippen molar-refractivity contribution in [1.82, 2.24) is 10.7 Å². The van der Waals surface area contributed by atoms with E-state index < -0.39 is 17.8 Å². The third-order valence-corrected chi connectivity index (χ3v) is 4.21. The van der Waals surface area contributed by atoms with Crippen molar-refractivity contribution in [2.75, 3.05) is 19.8 Å². The molecule has 2 aromatic carbocycles. The number of carbonyl (C=O) groups excluding carboxylic acids is 2. The van der Waals surface area contributed by atoms with Crippen LogP contribution in [0.2, 0.25) is 0 Å². The van der Waals surface area contributed by atoms with Gasteiger partial charge in [0.2, 0.25) is 0 Å². The molecular weight excluding hydrogens is 390 g/mol. The number of hydrogen-bond acceptors (Lipinski definition) is 6. The Hall–Kier alpha value is -3.88. The first-order valence-electron chi connectivity index (χ1n) is 9.33. The topological polar surface area (TPSA) is 126 Å². The minimum absolute atomic E-state index is 0.121. The van der Waals surface area contributed by atoms with Crippen LogP contribution in [-0.2, 0) is 9.59 Å². The Labute approximate surface area is 172 Å². The summed E-state index contributed by atoms with van der Waals surface area (Å²) in [6.07, 6.45) is 0.0353. The summed E-state index contributed by atoms with van der Waals surface area (Å²) in [5.74, 6) is -0.893. The number of nitrogens with one attached hydrogen (secondary N) is 2. The quantitative estimate of drug-likeness (QED) is 0.447. The van der Waals surface area contributed by atoms with Gasteiger partial charge in [-0.3, -0.25) is 14.4 Å². The van der Waals surface area contributed by atoms with E-state index in [1.807, 2.05) is 6.07 Å². The minimum atomic E-state index is -0.961. The first-order chi connectivity index (χ1) is 14.5. The molecule has 1 heterocycles. The van der Waals surface area contributed by atoms with E-state index in [9.17, 15) is 14.4 Å². The number of carboxylic acid groups (broad SMARTS) is 1. The van der Waals surface area contributed by atoms with Crippen LogP contribution in [0.1, 0.15) is 28.8 Å². The van der Waals surface area contributed by atoms with Crippen molar-refractivity contribution in [2.24, 2.45) is 5.10 Å². The molecule has 30 heavy (non-hydrogen) atoms. The third-order valence-electron chi connectivity index (χ3n) is 4.21. The number of nitrogens with zero attached hydrogens (tertiary/aromatic N) is 1. The molecule has 2 aromatic rings. The van der Waals surface area contributed by atoms with E-state index in [0.29, 0.717) is 41.6 Å². The summed E-state index contributed by atoms with van der Waals surface area (Å²) in [7, 11) is 0. The van der Waals surface area contributed by atoms with Crippen molar-refractivity contribution < 1.29 is 29.0 Å². The zero-order chi connectivity index (χ0) is 21.3. The molecule has 156 valence electrons. The van der Waals surface area contributed by atoms with Crippen LogP contribution in [0, 0.1) is 0 Å². The monoisotopic (exact) mass is 411 g/mol. The van der Waals surface area contributed by atoms with Gasteiger partial charge in [0.15, 0.2) is 11.5 Å². The number of hydrogen-bond donors (Lipinski definition) is 3. The Kier molecular flexibility index (Phi) is 6.99. The number of benzene rings is 2. The maximum atomic E-state index is 12.3. The van der Waals surface area contributed by atoms with Crippen molar-refractivity contribution in [1.29, 1.82) is 0 Å². The normalized spacial score (nSPS) is 12.7. The Morgan fingerprint density at radius 3 is 2.40 bits per heavy atom. The zero-order valence-electron chi connectivity index (χ0n) is 16.1. The highest BCUT2D eigenvalue weighted by Crippen LogP contribution is 2.30. The molecule has 0 aromatic heterocycles. The summed E-state index contributed by atoms with van der Waals surface area (Å²) in [6, 6.07) is 13.7. The van der Waals surface area contributed by atoms with E-state index in [4.69, 9.17) is 14.6 Å². The highest BCUT2D eigenvalue weighted by Gasteiger charge is 2.15. The van der Waals surface area contributed by atoms with Gasteiger partial charge in [-0.05, 0) is 23.8 Å². The highest BCUT2D eigenvalue weighted by molar-refractivity contribution is 6.02. The molecule has 0 saturated heterocycles. The van der Waals surface area contributed by atoms with Crippen LogP contribution in [0.25, 0.3) is 0 Å². The van der Waals surface area contributed by atoms with Gasteiger partial charge in [0.25, 0.3) is 11.8 Å². The van der Waals surface area contributed by atoms with E-state index >= 15 is 0 Å². The minimum Gasteiger partial charge on any atom is -0.486 e. The average molecular weight is 411 g/mol. The largest absolute Gasteiger partial charge is 0.486 e. The average Bonchev–Trinajstić information content (AvgIpc) is 2.77. The number of amides is 2. The first kappa shape index (κ1) is 20.8. The third kappa shape index (κ3) is 5.81. The molecule has 9 heteroatoms. The SMILES string of the molecule is O=C(O)CC/C(=N\NC(=O)CNC(=O)c1ccc2c(c1)OCCO2)c1ccccc1. The van der Waals surface area contributed by atoms with Crippen LogP contribution in [0.3, 0.4) is 0 Å². The number of ether oxygens (including phenoxy) is 2. The van der Waals surface area contributed by atoms with E-state index in [1.54, 1.807) is 42.5 Å². The van der Waals surface area contributed by atoms with Crippen molar-refractivity contribution >= 4 is 23.5 Å². The van der Waals surface area contributed by atoms with Crippen molar-refractivity contribution in [3.63, 3.8) is 0 Å². The number of carboxylic acids is 1.